The fraction of sp³-hybridized carbons (Fsp3) is 0.464. The van der Waals surface area contributed by atoms with E-state index >= 15 is 0 Å². The summed E-state index contributed by atoms with van der Waals surface area (Å²) < 4.78 is 10.5. The molecule has 0 bridgehead atoms. The first-order valence-corrected chi connectivity index (χ1v) is 13.1. The number of aromatic hydroxyl groups is 1. The highest BCUT2D eigenvalue weighted by Crippen LogP contribution is 2.30. The lowest BCUT2D eigenvalue weighted by Gasteiger charge is -2.38. The molecule has 0 aliphatic heterocycles. The van der Waals surface area contributed by atoms with Crippen LogP contribution in [0.1, 0.15) is 58.2 Å². The van der Waals surface area contributed by atoms with Crippen LogP contribution in [0.25, 0.3) is 0 Å². The number of thiol groups is 1. The minimum absolute atomic E-state index is 0.00750. The zero-order chi connectivity index (χ0) is 28.6. The predicted octanol–water partition coefficient (Wildman–Crippen LogP) is 4.84. The highest BCUT2D eigenvalue weighted by Gasteiger charge is 2.38. The van der Waals surface area contributed by atoms with Crippen LogP contribution in [-0.4, -0.2) is 58.5 Å². The van der Waals surface area contributed by atoms with Crippen molar-refractivity contribution in [2.45, 2.75) is 71.7 Å². The summed E-state index contributed by atoms with van der Waals surface area (Å²) in [6.45, 7) is 10.6. The molecule has 0 radical (unpaired) electrons. The quantitative estimate of drug-likeness (QED) is 0.318. The van der Waals surface area contributed by atoms with Crippen molar-refractivity contribution in [3.05, 3.63) is 53.6 Å². The van der Waals surface area contributed by atoms with Gasteiger partial charge in [-0.25, -0.2) is 4.79 Å². The van der Waals surface area contributed by atoms with E-state index in [0.717, 1.165) is 0 Å². The Morgan fingerprint density at radius 1 is 1.11 bits per heavy atom. The normalized spacial score (nSPS) is 13.6. The summed E-state index contributed by atoms with van der Waals surface area (Å²) >= 11 is 4.31. The number of rotatable bonds is 10. The van der Waals surface area contributed by atoms with Crippen molar-refractivity contribution < 1.29 is 29.0 Å². The smallest absolute Gasteiger partial charge is 0.408 e. The van der Waals surface area contributed by atoms with Gasteiger partial charge in [-0.1, -0.05) is 13.0 Å². The van der Waals surface area contributed by atoms with Crippen LogP contribution in [0.2, 0.25) is 0 Å². The molecule has 2 rings (SSSR count). The van der Waals surface area contributed by atoms with Gasteiger partial charge in [0.25, 0.3) is 5.91 Å². The molecule has 0 aliphatic rings. The molecule has 0 aliphatic carbocycles. The Hall–Kier alpha value is -3.40. The molecule has 0 saturated carbocycles. The van der Waals surface area contributed by atoms with E-state index in [4.69, 9.17) is 9.47 Å². The van der Waals surface area contributed by atoms with Crippen LogP contribution < -0.4 is 15.4 Å². The topological polar surface area (TPSA) is 117 Å². The molecular weight excluding hydrogens is 506 g/mol. The Labute approximate surface area is 230 Å². The minimum atomic E-state index is -1.07. The zero-order valence-corrected chi connectivity index (χ0v) is 24.0. The van der Waals surface area contributed by atoms with Gasteiger partial charge in [-0.3, -0.25) is 9.59 Å². The molecule has 2 aromatic carbocycles. The molecule has 2 aromatic rings. The van der Waals surface area contributed by atoms with Gasteiger partial charge in [-0.05, 0) is 88.6 Å². The zero-order valence-electron chi connectivity index (χ0n) is 23.1. The summed E-state index contributed by atoms with van der Waals surface area (Å²) in [7, 11) is 1.55. The monoisotopic (exact) mass is 545 g/mol. The Morgan fingerprint density at radius 3 is 2.24 bits per heavy atom. The first kappa shape index (κ1) is 30.8. The molecule has 38 heavy (non-hydrogen) atoms. The number of methoxy groups -OCH3 is 1. The van der Waals surface area contributed by atoms with E-state index in [9.17, 15) is 19.5 Å². The maximum absolute atomic E-state index is 13.9. The third kappa shape index (κ3) is 8.31. The van der Waals surface area contributed by atoms with Crippen LogP contribution in [0, 0.1) is 6.92 Å². The van der Waals surface area contributed by atoms with E-state index in [1.807, 2.05) is 13.8 Å². The summed E-state index contributed by atoms with van der Waals surface area (Å²) in [4.78, 5) is 41.7. The molecular formula is C28H39N3O6S. The lowest BCUT2D eigenvalue weighted by Crippen LogP contribution is -2.55. The second-order valence-corrected chi connectivity index (χ2v) is 10.4. The number of aryl methyl sites for hydroxylation is 1. The van der Waals surface area contributed by atoms with E-state index in [-0.39, 0.29) is 17.5 Å². The SMILES string of the molecule is CCC(C)N(C(=O)C(CS)NC(=O)OC(C)(C)C)C(C(=O)Nc1ccc(OC)cc1)c1ccc(O)c(C)c1. The maximum Gasteiger partial charge on any atom is 0.408 e. The number of nitrogens with zero attached hydrogens (tertiary/aromatic N) is 1. The van der Waals surface area contributed by atoms with Crippen LogP contribution in [0.5, 0.6) is 11.5 Å². The Morgan fingerprint density at radius 2 is 1.74 bits per heavy atom. The molecule has 0 fully saturated rings. The van der Waals surface area contributed by atoms with Gasteiger partial charge in [0, 0.05) is 17.5 Å². The first-order valence-electron chi connectivity index (χ1n) is 12.5. The number of phenols is 1. The number of benzene rings is 2. The van der Waals surface area contributed by atoms with Gasteiger partial charge >= 0.3 is 6.09 Å². The Kier molecular flexibility index (Phi) is 10.9. The summed E-state index contributed by atoms with van der Waals surface area (Å²) in [5.41, 5.74) is 0.828. The van der Waals surface area contributed by atoms with Crippen LogP contribution >= 0.6 is 12.6 Å². The molecule has 0 spiro atoms. The number of anilines is 1. The van der Waals surface area contributed by atoms with Crippen molar-refractivity contribution >= 4 is 36.2 Å². The van der Waals surface area contributed by atoms with E-state index in [0.29, 0.717) is 29.0 Å². The van der Waals surface area contributed by atoms with Gasteiger partial charge in [0.2, 0.25) is 5.91 Å². The molecule has 3 unspecified atom stereocenters. The van der Waals surface area contributed by atoms with Crippen LogP contribution in [-0.2, 0) is 14.3 Å². The average Bonchev–Trinajstić information content (AvgIpc) is 2.86. The van der Waals surface area contributed by atoms with Gasteiger partial charge in [0.15, 0.2) is 0 Å². The molecule has 10 heteroatoms. The van der Waals surface area contributed by atoms with Crippen molar-refractivity contribution in [2.24, 2.45) is 0 Å². The van der Waals surface area contributed by atoms with Crippen molar-refractivity contribution in [3.63, 3.8) is 0 Å². The number of alkyl carbamates (subject to hydrolysis) is 1. The van der Waals surface area contributed by atoms with Crippen LogP contribution in [0.15, 0.2) is 42.5 Å². The summed E-state index contributed by atoms with van der Waals surface area (Å²) in [5, 5.41) is 15.6. The summed E-state index contributed by atoms with van der Waals surface area (Å²) in [6.07, 6.45) is -0.213. The van der Waals surface area contributed by atoms with Crippen molar-refractivity contribution in [1.29, 1.82) is 0 Å². The molecule has 3 amide bonds. The number of hydrogen-bond acceptors (Lipinski definition) is 7. The van der Waals surface area contributed by atoms with Gasteiger partial charge < -0.3 is 30.1 Å². The fourth-order valence-corrected chi connectivity index (χ4v) is 4.03. The van der Waals surface area contributed by atoms with Gasteiger partial charge in [0.1, 0.15) is 29.2 Å². The van der Waals surface area contributed by atoms with E-state index in [1.54, 1.807) is 71.2 Å². The van der Waals surface area contributed by atoms with Crippen LogP contribution in [0.4, 0.5) is 10.5 Å². The van der Waals surface area contributed by atoms with E-state index in [2.05, 4.69) is 23.3 Å². The number of phenolic OH excluding ortho intramolecular Hbond substituents is 1. The second kappa shape index (κ2) is 13.4. The maximum atomic E-state index is 13.9. The molecule has 208 valence electrons. The number of carbonyl (C=O) groups excluding carboxylic acids is 3. The minimum Gasteiger partial charge on any atom is -0.508 e. The van der Waals surface area contributed by atoms with E-state index < -0.39 is 35.6 Å². The van der Waals surface area contributed by atoms with Crippen molar-refractivity contribution in [1.82, 2.24) is 10.2 Å². The molecule has 0 heterocycles. The largest absolute Gasteiger partial charge is 0.508 e. The standard InChI is InChI=1S/C28H39N3O6S/c1-8-18(3)31(26(34)22(16-38)30-27(35)37-28(4,5)6)24(19-9-14-23(32)17(2)15-19)25(33)29-20-10-12-21(36-7)13-11-20/h9-15,18,22,24,32,38H,8,16H2,1-7H3,(H,29,33)(H,30,35). The van der Waals surface area contributed by atoms with Crippen LogP contribution in [0.3, 0.4) is 0 Å². The Bertz CT molecular complexity index is 1120. The number of amides is 3. The lowest BCUT2D eigenvalue weighted by atomic mass is 9.98. The highest BCUT2D eigenvalue weighted by atomic mass is 32.1. The van der Waals surface area contributed by atoms with Gasteiger partial charge in [-0.15, -0.1) is 0 Å². The second-order valence-electron chi connectivity index (χ2n) is 10.1. The van der Waals surface area contributed by atoms with Crippen molar-refractivity contribution in [3.8, 4) is 11.5 Å². The lowest BCUT2D eigenvalue weighted by molar-refractivity contribution is -0.142. The molecule has 0 saturated heterocycles. The van der Waals surface area contributed by atoms with Gasteiger partial charge in [-0.2, -0.15) is 12.6 Å². The molecule has 0 aromatic heterocycles. The third-order valence-corrected chi connectivity index (χ3v) is 6.28. The molecule has 3 N–H and O–H groups in total. The predicted molar refractivity (Wildman–Crippen MR) is 151 cm³/mol. The highest BCUT2D eigenvalue weighted by molar-refractivity contribution is 7.80. The van der Waals surface area contributed by atoms with Crippen molar-refractivity contribution in [2.75, 3.05) is 18.2 Å². The first-order chi connectivity index (χ1) is 17.8. The Balaban J connectivity index is 2.52. The molecule has 3 atom stereocenters. The average molecular weight is 546 g/mol. The third-order valence-electron chi connectivity index (χ3n) is 5.91. The number of nitrogens with one attached hydrogen (secondary N) is 2. The van der Waals surface area contributed by atoms with E-state index in [1.165, 1.54) is 11.0 Å². The number of carbonyl (C=O) groups is 3. The summed E-state index contributed by atoms with van der Waals surface area (Å²) in [5.74, 6) is -0.240. The van der Waals surface area contributed by atoms with Gasteiger partial charge in [0.05, 0.1) is 7.11 Å². The summed E-state index contributed by atoms with van der Waals surface area (Å²) in [6, 6.07) is 9.12. The number of ether oxygens (including phenoxy) is 2. The molecule has 9 nitrogen and oxygen atoms in total. The fourth-order valence-electron chi connectivity index (χ4n) is 3.78. The number of hydrogen-bond donors (Lipinski definition) is 4.